The van der Waals surface area contributed by atoms with E-state index in [1.165, 1.54) is 12.1 Å². The largest absolute Gasteiger partial charge is 0.416 e. The Hall–Kier alpha value is -1.23. The van der Waals surface area contributed by atoms with Crippen LogP contribution in [-0.4, -0.2) is 18.3 Å². The number of halogens is 4. The summed E-state index contributed by atoms with van der Waals surface area (Å²) in [4.78, 5) is 12.0. The van der Waals surface area contributed by atoms with Gasteiger partial charge in [0, 0.05) is 23.4 Å². The minimum atomic E-state index is -4.40. The second-order valence-corrected chi connectivity index (χ2v) is 5.37. The van der Waals surface area contributed by atoms with E-state index in [9.17, 15) is 18.0 Å². The van der Waals surface area contributed by atoms with Gasteiger partial charge < -0.3 is 5.32 Å². The topological polar surface area (TPSA) is 29.1 Å². The molecule has 6 heteroatoms. The van der Waals surface area contributed by atoms with Crippen LogP contribution < -0.4 is 5.32 Å². The average Bonchev–Trinajstić information content (AvgIpc) is 2.48. The minimum Gasteiger partial charge on any atom is -0.351 e. The van der Waals surface area contributed by atoms with E-state index in [1.54, 1.807) is 0 Å². The molecule has 0 aromatic heterocycles. The summed E-state index contributed by atoms with van der Waals surface area (Å²) >= 11 is 5.95. The minimum absolute atomic E-state index is 0.177. The monoisotopic (exact) mass is 321 g/mol. The second kappa shape index (κ2) is 7.16. The fourth-order valence-corrected chi connectivity index (χ4v) is 2.39. The Labute approximate surface area is 127 Å². The summed E-state index contributed by atoms with van der Waals surface area (Å²) in [5.41, 5.74) is -0.738. The maximum absolute atomic E-state index is 12.4. The lowest BCUT2D eigenvalue weighted by Crippen LogP contribution is -2.38. The third-order valence-corrected chi connectivity index (χ3v) is 4.45. The summed E-state index contributed by atoms with van der Waals surface area (Å²) in [6, 6.07) is 4.17. The fraction of sp³-hybridized carbons (Fsp3) is 0.533. The highest BCUT2D eigenvalue weighted by atomic mass is 35.5. The Morgan fingerprint density at radius 1 is 1.14 bits per heavy atom. The lowest BCUT2D eigenvalue weighted by molar-refractivity contribution is -0.137. The highest BCUT2D eigenvalue weighted by Crippen LogP contribution is 2.29. The summed E-state index contributed by atoms with van der Waals surface area (Å²) in [5, 5.41) is 2.75. The van der Waals surface area contributed by atoms with E-state index in [1.807, 2.05) is 13.8 Å². The maximum atomic E-state index is 12.4. The predicted octanol–water partition coefficient (Wildman–Crippen LogP) is 4.48. The van der Waals surface area contributed by atoms with Crippen molar-refractivity contribution >= 4 is 17.5 Å². The first-order valence-corrected chi connectivity index (χ1v) is 7.33. The summed E-state index contributed by atoms with van der Waals surface area (Å²) in [6.07, 6.45) is -2.76. The molecule has 0 aliphatic carbocycles. The first-order valence-electron chi connectivity index (χ1n) is 6.79. The van der Waals surface area contributed by atoms with Crippen molar-refractivity contribution in [2.24, 2.45) is 5.41 Å². The van der Waals surface area contributed by atoms with Crippen LogP contribution >= 0.6 is 11.6 Å². The molecule has 0 atom stereocenters. The molecular weight excluding hydrogens is 303 g/mol. The zero-order chi connectivity index (χ0) is 16.1. The molecule has 0 aliphatic heterocycles. The third kappa shape index (κ3) is 4.63. The van der Waals surface area contributed by atoms with Gasteiger partial charge in [-0.15, -0.1) is 11.6 Å². The van der Waals surface area contributed by atoms with Crippen LogP contribution in [0.4, 0.5) is 13.2 Å². The van der Waals surface area contributed by atoms with E-state index in [0.717, 1.165) is 25.0 Å². The van der Waals surface area contributed by atoms with Gasteiger partial charge in [0.25, 0.3) is 5.91 Å². The Kier molecular flexibility index (Phi) is 6.08. The molecule has 0 radical (unpaired) electrons. The van der Waals surface area contributed by atoms with Crippen molar-refractivity contribution in [1.82, 2.24) is 5.32 Å². The van der Waals surface area contributed by atoms with Crippen LogP contribution in [0, 0.1) is 5.41 Å². The normalized spacial score (nSPS) is 12.3. The van der Waals surface area contributed by atoms with Crippen molar-refractivity contribution in [3.05, 3.63) is 35.4 Å². The number of carbonyl (C=O) groups excluding carboxylic acids is 1. The van der Waals surface area contributed by atoms with Gasteiger partial charge in [0.1, 0.15) is 0 Å². The first-order chi connectivity index (χ1) is 9.78. The highest BCUT2D eigenvalue weighted by molar-refractivity contribution is 6.18. The molecule has 0 bridgehead atoms. The van der Waals surface area contributed by atoms with Crippen molar-refractivity contribution in [2.75, 3.05) is 12.4 Å². The molecule has 1 N–H and O–H groups in total. The van der Waals surface area contributed by atoms with Gasteiger partial charge in [-0.3, -0.25) is 4.79 Å². The summed E-state index contributed by atoms with van der Waals surface area (Å²) < 4.78 is 37.3. The zero-order valence-electron chi connectivity index (χ0n) is 12.1. The molecular formula is C15H19ClF3NO. The lowest BCUT2D eigenvalue weighted by atomic mass is 9.84. The van der Waals surface area contributed by atoms with Crippen LogP contribution in [0.1, 0.15) is 42.6 Å². The van der Waals surface area contributed by atoms with Crippen LogP contribution in [0.5, 0.6) is 0 Å². The van der Waals surface area contributed by atoms with Gasteiger partial charge in [0.15, 0.2) is 0 Å². The third-order valence-electron chi connectivity index (χ3n) is 3.88. The van der Waals surface area contributed by atoms with Crippen LogP contribution in [-0.2, 0) is 6.18 Å². The van der Waals surface area contributed by atoms with Gasteiger partial charge in [-0.25, -0.2) is 0 Å². The van der Waals surface area contributed by atoms with Gasteiger partial charge in [0.2, 0.25) is 0 Å². The van der Waals surface area contributed by atoms with Crippen molar-refractivity contribution in [3.8, 4) is 0 Å². The van der Waals surface area contributed by atoms with Gasteiger partial charge in [-0.2, -0.15) is 13.2 Å². The van der Waals surface area contributed by atoms with E-state index in [-0.39, 0.29) is 16.9 Å². The van der Waals surface area contributed by atoms with Crippen LogP contribution in [0.3, 0.4) is 0 Å². The van der Waals surface area contributed by atoms with E-state index in [0.29, 0.717) is 12.4 Å². The molecule has 21 heavy (non-hydrogen) atoms. The molecule has 0 spiro atoms. The molecule has 0 saturated heterocycles. The SMILES string of the molecule is CCC(CC)(CCl)CNC(=O)c1ccc(C(F)(F)F)cc1. The van der Waals surface area contributed by atoms with Crippen molar-refractivity contribution in [3.63, 3.8) is 0 Å². The standard InChI is InChI=1S/C15H19ClF3NO/c1-3-14(4-2,9-16)10-20-13(21)11-5-7-12(8-6-11)15(17,18)19/h5-8H,3-4,9-10H2,1-2H3,(H,20,21). The Bertz CT molecular complexity index is 459. The van der Waals surface area contributed by atoms with Gasteiger partial charge in [-0.05, 0) is 37.1 Å². The predicted molar refractivity (Wildman–Crippen MR) is 77.5 cm³/mol. The molecule has 1 rings (SSSR count). The number of hydrogen-bond donors (Lipinski definition) is 1. The summed E-state index contributed by atoms with van der Waals surface area (Å²) in [6.45, 7) is 4.40. The second-order valence-electron chi connectivity index (χ2n) is 5.10. The number of amides is 1. The number of rotatable bonds is 6. The van der Waals surface area contributed by atoms with E-state index < -0.39 is 11.7 Å². The number of carbonyl (C=O) groups is 1. The smallest absolute Gasteiger partial charge is 0.351 e. The Balaban J connectivity index is 2.72. The number of alkyl halides is 4. The molecule has 0 fully saturated rings. The molecule has 1 aromatic rings. The molecule has 0 saturated carbocycles. The Morgan fingerprint density at radius 3 is 2.05 bits per heavy atom. The molecule has 1 amide bonds. The fourth-order valence-electron chi connectivity index (χ4n) is 1.92. The average molecular weight is 322 g/mol. The molecule has 0 unspecified atom stereocenters. The van der Waals surface area contributed by atoms with Gasteiger partial charge >= 0.3 is 6.18 Å². The van der Waals surface area contributed by atoms with E-state index >= 15 is 0 Å². The number of nitrogens with one attached hydrogen (secondary N) is 1. The summed E-state index contributed by atoms with van der Waals surface area (Å²) in [7, 11) is 0. The highest BCUT2D eigenvalue weighted by Gasteiger charge is 2.30. The van der Waals surface area contributed by atoms with Crippen molar-refractivity contribution < 1.29 is 18.0 Å². The molecule has 118 valence electrons. The molecule has 0 heterocycles. The summed E-state index contributed by atoms with van der Waals surface area (Å²) in [5.74, 6) is 0.0351. The van der Waals surface area contributed by atoms with Crippen molar-refractivity contribution in [2.45, 2.75) is 32.9 Å². The molecule has 1 aromatic carbocycles. The van der Waals surface area contributed by atoms with Crippen LogP contribution in [0.25, 0.3) is 0 Å². The zero-order valence-corrected chi connectivity index (χ0v) is 12.8. The number of benzene rings is 1. The quantitative estimate of drug-likeness (QED) is 0.769. The lowest BCUT2D eigenvalue weighted by Gasteiger charge is -2.29. The Morgan fingerprint density at radius 2 is 1.67 bits per heavy atom. The van der Waals surface area contributed by atoms with E-state index in [2.05, 4.69) is 5.32 Å². The first kappa shape index (κ1) is 17.8. The van der Waals surface area contributed by atoms with Crippen LogP contribution in [0.2, 0.25) is 0 Å². The number of hydrogen-bond acceptors (Lipinski definition) is 1. The van der Waals surface area contributed by atoms with Gasteiger partial charge in [0.05, 0.1) is 5.56 Å². The van der Waals surface area contributed by atoms with Crippen LogP contribution in [0.15, 0.2) is 24.3 Å². The van der Waals surface area contributed by atoms with E-state index in [4.69, 9.17) is 11.6 Å². The maximum Gasteiger partial charge on any atom is 0.416 e. The van der Waals surface area contributed by atoms with Gasteiger partial charge in [-0.1, -0.05) is 13.8 Å². The van der Waals surface area contributed by atoms with Crippen molar-refractivity contribution in [1.29, 1.82) is 0 Å². The molecule has 2 nitrogen and oxygen atoms in total. The molecule has 0 aliphatic rings.